The Labute approximate surface area is 249 Å². The Morgan fingerprint density at radius 1 is 1.12 bits per heavy atom. The van der Waals surface area contributed by atoms with Crippen molar-refractivity contribution >= 4 is 40.7 Å². The summed E-state index contributed by atoms with van der Waals surface area (Å²) >= 11 is 6.52. The van der Waals surface area contributed by atoms with E-state index >= 15 is 0 Å². The molecule has 1 saturated carbocycles. The van der Waals surface area contributed by atoms with Crippen LogP contribution >= 0.6 is 11.6 Å². The summed E-state index contributed by atoms with van der Waals surface area (Å²) in [6.45, 7) is 12.0. The number of fused-ring (bicyclic) bond motifs is 3. The van der Waals surface area contributed by atoms with Gasteiger partial charge >= 0.3 is 6.09 Å². The van der Waals surface area contributed by atoms with Gasteiger partial charge in [-0.3, -0.25) is 14.5 Å². The average molecular weight is 591 g/mol. The number of rotatable bonds is 4. The summed E-state index contributed by atoms with van der Waals surface area (Å²) in [6, 6.07) is 7.81. The predicted molar refractivity (Wildman–Crippen MR) is 157 cm³/mol. The highest BCUT2D eigenvalue weighted by Crippen LogP contribution is 2.63. The maximum atomic E-state index is 12.9. The molecule has 1 aromatic carbocycles. The van der Waals surface area contributed by atoms with Crippen LogP contribution in [0.4, 0.5) is 10.5 Å². The maximum absolute atomic E-state index is 12.9. The standard InChI is InChI=1S/C31H35ClN6O4/c1-30(2,3)42-29(41)36-9-8-18-14-35(15-23(18)36)21-7-6-19(32)11-20(21)26-22-10-17(13-38(22)34-16-33-26)12-37-27(39)24-25(28(37)40)31(24,4)5/h6-7,10-11,13,16,18,23-25H,8-9,12,14-15H2,1-5H3/t18-,23+,24?,25?/m1/s1. The van der Waals surface area contributed by atoms with Crippen molar-refractivity contribution in [3.63, 3.8) is 0 Å². The molecular formula is C31H35ClN6O4. The van der Waals surface area contributed by atoms with Gasteiger partial charge in [-0.15, -0.1) is 0 Å². The zero-order chi connectivity index (χ0) is 29.7. The van der Waals surface area contributed by atoms with Gasteiger partial charge in [0.2, 0.25) is 11.8 Å². The number of nitrogens with zero attached hydrogens (tertiary/aromatic N) is 6. The summed E-state index contributed by atoms with van der Waals surface area (Å²) in [5.74, 6) is -0.254. The number of carbonyl (C=O) groups is 3. The second-order valence-electron chi connectivity index (χ2n) is 13.7. The molecule has 3 aromatic rings. The molecule has 4 aliphatic rings. The largest absolute Gasteiger partial charge is 0.444 e. The summed E-state index contributed by atoms with van der Waals surface area (Å²) in [5, 5.41) is 5.00. The fourth-order valence-corrected chi connectivity index (χ4v) is 7.47. The minimum absolute atomic E-state index is 0.0698. The molecule has 4 fully saturated rings. The van der Waals surface area contributed by atoms with Crippen molar-refractivity contribution in [2.75, 3.05) is 24.5 Å². The quantitative estimate of drug-likeness (QED) is 0.408. The van der Waals surface area contributed by atoms with Gasteiger partial charge in [-0.2, -0.15) is 5.10 Å². The molecule has 1 aliphatic carbocycles. The van der Waals surface area contributed by atoms with Gasteiger partial charge in [0.05, 0.1) is 35.6 Å². The molecule has 0 spiro atoms. The Balaban J connectivity index is 1.17. The summed E-state index contributed by atoms with van der Waals surface area (Å²) in [7, 11) is 0. The van der Waals surface area contributed by atoms with Crippen molar-refractivity contribution in [3.8, 4) is 11.3 Å². The third kappa shape index (κ3) is 4.25. The molecule has 0 N–H and O–H groups in total. The SMILES string of the molecule is CC(C)(C)OC(=O)N1CC[C@@H]2CN(c3ccc(Cl)cc3-c3ncnn4cc(CN5C(=O)C6C(C5=O)C6(C)C)cc34)C[C@@H]21. The van der Waals surface area contributed by atoms with Gasteiger partial charge in [0, 0.05) is 48.0 Å². The summed E-state index contributed by atoms with van der Waals surface area (Å²) < 4.78 is 7.43. The molecule has 3 saturated heterocycles. The van der Waals surface area contributed by atoms with E-state index in [2.05, 4.69) is 15.0 Å². The van der Waals surface area contributed by atoms with Crippen LogP contribution in [0.1, 0.15) is 46.6 Å². The van der Waals surface area contributed by atoms with Crippen molar-refractivity contribution in [1.82, 2.24) is 24.4 Å². The normalized spacial score (nSPS) is 26.3. The third-order valence-corrected chi connectivity index (χ3v) is 9.66. The number of hydrogen-bond acceptors (Lipinski definition) is 7. The number of carbonyl (C=O) groups excluding carboxylic acids is 3. The maximum Gasteiger partial charge on any atom is 0.410 e. The van der Waals surface area contributed by atoms with Crippen LogP contribution in [-0.2, 0) is 20.9 Å². The second-order valence-corrected chi connectivity index (χ2v) is 14.1. The number of aromatic nitrogens is 3. The number of benzene rings is 1. The van der Waals surface area contributed by atoms with Gasteiger partial charge < -0.3 is 14.5 Å². The summed E-state index contributed by atoms with van der Waals surface area (Å²) in [5.41, 5.74) is 3.33. The first-order chi connectivity index (χ1) is 19.8. The van der Waals surface area contributed by atoms with E-state index in [0.29, 0.717) is 29.7 Å². The molecule has 3 aliphatic heterocycles. The van der Waals surface area contributed by atoms with Crippen LogP contribution < -0.4 is 4.90 Å². The molecule has 7 rings (SSSR count). The highest BCUT2D eigenvalue weighted by atomic mass is 35.5. The fraction of sp³-hybridized carbons (Fsp3) is 0.516. The Kier molecular flexibility index (Phi) is 5.94. The number of amides is 3. The van der Waals surface area contributed by atoms with Gasteiger partial charge in [0.25, 0.3) is 0 Å². The topological polar surface area (TPSA) is 100 Å². The monoisotopic (exact) mass is 590 g/mol. The van der Waals surface area contributed by atoms with Crippen LogP contribution in [0.25, 0.3) is 16.8 Å². The lowest BCUT2D eigenvalue weighted by Crippen LogP contribution is -2.42. The number of likely N-dealkylation sites (tertiary alicyclic amines) is 2. The van der Waals surface area contributed by atoms with Crippen molar-refractivity contribution in [1.29, 1.82) is 0 Å². The smallest absolute Gasteiger partial charge is 0.410 e. The van der Waals surface area contributed by atoms with E-state index in [9.17, 15) is 14.4 Å². The first kappa shape index (κ1) is 27.2. The van der Waals surface area contributed by atoms with Crippen molar-refractivity contribution in [2.45, 2.75) is 59.2 Å². The van der Waals surface area contributed by atoms with Crippen molar-refractivity contribution in [3.05, 3.63) is 47.4 Å². The zero-order valence-corrected chi connectivity index (χ0v) is 25.3. The second kappa shape index (κ2) is 9.17. The minimum atomic E-state index is -0.544. The van der Waals surface area contributed by atoms with Crippen molar-refractivity contribution < 1.29 is 19.1 Å². The lowest BCUT2D eigenvalue weighted by atomic mass is 10.0. The molecule has 42 heavy (non-hydrogen) atoms. The number of ether oxygens (including phenoxy) is 1. The molecule has 3 amide bonds. The third-order valence-electron chi connectivity index (χ3n) is 9.42. The fourth-order valence-electron chi connectivity index (χ4n) is 7.30. The predicted octanol–water partition coefficient (Wildman–Crippen LogP) is 4.64. The Hall–Kier alpha value is -3.66. The molecule has 2 unspecified atom stereocenters. The van der Waals surface area contributed by atoms with E-state index in [1.54, 1.807) is 4.52 Å². The lowest BCUT2D eigenvalue weighted by Gasteiger charge is -2.29. The molecule has 4 atom stereocenters. The molecule has 2 aromatic heterocycles. The summed E-state index contributed by atoms with van der Waals surface area (Å²) in [6.07, 6.45) is 4.01. The molecular weight excluding hydrogens is 556 g/mol. The average Bonchev–Trinajstić information content (AvgIpc) is 3.42. The van der Waals surface area contributed by atoms with Crippen LogP contribution in [0.5, 0.6) is 0 Å². The van der Waals surface area contributed by atoms with Crippen LogP contribution in [0, 0.1) is 23.2 Å². The van der Waals surface area contributed by atoms with Gasteiger partial charge in [-0.05, 0) is 62.4 Å². The van der Waals surface area contributed by atoms with Gasteiger partial charge in [-0.1, -0.05) is 25.4 Å². The number of imide groups is 1. The molecule has 5 heterocycles. The Morgan fingerprint density at radius 2 is 1.86 bits per heavy atom. The Bertz CT molecular complexity index is 1620. The van der Waals surface area contributed by atoms with Crippen LogP contribution in [0.15, 0.2) is 36.8 Å². The Morgan fingerprint density at radius 3 is 2.57 bits per heavy atom. The van der Waals surface area contributed by atoms with Crippen LogP contribution in [0.2, 0.25) is 5.02 Å². The van der Waals surface area contributed by atoms with E-state index < -0.39 is 5.60 Å². The number of anilines is 1. The van der Waals surface area contributed by atoms with E-state index in [-0.39, 0.29) is 47.7 Å². The van der Waals surface area contributed by atoms with Gasteiger partial charge in [-0.25, -0.2) is 14.3 Å². The zero-order valence-electron chi connectivity index (χ0n) is 24.5. The number of hydrogen-bond donors (Lipinski definition) is 0. The highest BCUT2D eigenvalue weighted by Gasteiger charge is 2.72. The van der Waals surface area contributed by atoms with E-state index in [0.717, 1.165) is 35.3 Å². The van der Waals surface area contributed by atoms with Crippen LogP contribution in [-0.4, -0.2) is 73.6 Å². The highest BCUT2D eigenvalue weighted by molar-refractivity contribution is 6.31. The van der Waals surface area contributed by atoms with Crippen LogP contribution in [0.3, 0.4) is 0 Å². The van der Waals surface area contributed by atoms with E-state index in [1.165, 1.54) is 11.2 Å². The van der Waals surface area contributed by atoms with E-state index in [1.807, 2.05) is 70.0 Å². The van der Waals surface area contributed by atoms with E-state index in [4.69, 9.17) is 16.3 Å². The molecule has 0 bridgehead atoms. The van der Waals surface area contributed by atoms with Gasteiger partial charge in [0.1, 0.15) is 11.9 Å². The lowest BCUT2D eigenvalue weighted by molar-refractivity contribution is -0.143. The number of piperidine rings is 1. The first-order valence-electron chi connectivity index (χ1n) is 14.6. The number of halogens is 1. The molecule has 220 valence electrons. The van der Waals surface area contributed by atoms with Crippen molar-refractivity contribution in [2.24, 2.45) is 23.2 Å². The molecule has 11 heteroatoms. The minimum Gasteiger partial charge on any atom is -0.444 e. The summed E-state index contributed by atoms with van der Waals surface area (Å²) in [4.78, 5) is 49.1. The molecule has 10 nitrogen and oxygen atoms in total. The molecule has 0 radical (unpaired) electrons. The first-order valence-corrected chi connectivity index (χ1v) is 14.9. The van der Waals surface area contributed by atoms with Gasteiger partial charge in [0.15, 0.2) is 0 Å².